The number of aliphatic hydroxyl groups is 5. The second kappa shape index (κ2) is 40.1. The number of hydrogen-bond donors (Lipinski definition) is 6. The summed E-state index contributed by atoms with van der Waals surface area (Å²) in [5.41, 5.74) is 0. The second-order valence-corrected chi connectivity index (χ2v) is 18.0. The highest BCUT2D eigenvalue weighted by molar-refractivity contribution is 7.47. The molecule has 0 aliphatic heterocycles. The minimum atomic E-state index is -5.15. The number of rotatable bonds is 39. The molecule has 0 radical (unpaired) electrons. The fraction of sp³-hybridized carbons (Fsp3) is 0.686. The molecular weight excluding hydrogens is 852 g/mol. The molecule has 0 spiro atoms. The van der Waals surface area contributed by atoms with Gasteiger partial charge in [-0.2, -0.15) is 0 Å². The van der Waals surface area contributed by atoms with Gasteiger partial charge < -0.3 is 39.9 Å². The first kappa shape index (κ1) is 60.0. The fourth-order valence-electron chi connectivity index (χ4n) is 6.76. The van der Waals surface area contributed by atoms with Crippen molar-refractivity contribution in [3.63, 3.8) is 0 Å². The number of phosphoric acid groups is 1. The Bertz CT molecular complexity index is 1460. The lowest BCUT2D eigenvalue weighted by Gasteiger charge is -2.41. The number of esters is 2. The van der Waals surface area contributed by atoms with Crippen molar-refractivity contribution < 1.29 is 63.1 Å². The molecule has 0 aromatic rings. The largest absolute Gasteiger partial charge is 0.472 e. The van der Waals surface area contributed by atoms with E-state index in [1.165, 1.54) is 64.2 Å². The Morgan fingerprint density at radius 1 is 0.477 bits per heavy atom. The molecule has 6 unspecified atom stereocenters. The SMILES string of the molecule is CCCCC/C=C/C/C=C/C/C=C/CCCCC(=O)O[C@@H](COC(=O)CCC/C=C/C/C=C/C/C=C/C/C=C/CCCCCCCCC)COP(=O)(O)OC1C(O)C(O)C(O)[C@H](O)C1O. The van der Waals surface area contributed by atoms with Gasteiger partial charge in [-0.1, -0.05) is 150 Å². The number of allylic oxidation sites excluding steroid dienone is 14. The maximum Gasteiger partial charge on any atom is 0.472 e. The van der Waals surface area contributed by atoms with E-state index in [1.54, 1.807) is 0 Å². The van der Waals surface area contributed by atoms with Crippen molar-refractivity contribution in [2.24, 2.45) is 0 Å². The van der Waals surface area contributed by atoms with Crippen LogP contribution in [0.15, 0.2) is 85.1 Å². The lowest BCUT2D eigenvalue weighted by atomic mass is 9.85. The lowest BCUT2D eigenvalue weighted by molar-refractivity contribution is -0.220. The van der Waals surface area contributed by atoms with Gasteiger partial charge in [-0.25, -0.2) is 4.57 Å². The molecule has 0 heterocycles. The van der Waals surface area contributed by atoms with E-state index in [1.807, 2.05) is 12.2 Å². The minimum Gasteiger partial charge on any atom is -0.462 e. The van der Waals surface area contributed by atoms with Crippen LogP contribution < -0.4 is 0 Å². The van der Waals surface area contributed by atoms with E-state index in [4.69, 9.17) is 18.5 Å². The number of unbranched alkanes of at least 4 members (excludes halogenated alkanes) is 13. The van der Waals surface area contributed by atoms with Crippen molar-refractivity contribution in [3.8, 4) is 0 Å². The van der Waals surface area contributed by atoms with Crippen LogP contribution >= 0.6 is 7.82 Å². The number of aliphatic hydroxyl groups excluding tert-OH is 5. The average Bonchev–Trinajstić information content (AvgIpc) is 3.29. The van der Waals surface area contributed by atoms with Crippen LogP contribution in [0.1, 0.15) is 168 Å². The van der Waals surface area contributed by atoms with E-state index in [9.17, 15) is 44.6 Å². The number of ether oxygens (including phenoxy) is 2. The number of carbonyl (C=O) groups excluding carboxylic acids is 2. The summed E-state index contributed by atoms with van der Waals surface area (Å²) < 4.78 is 33.5. The van der Waals surface area contributed by atoms with Gasteiger partial charge in [0.25, 0.3) is 0 Å². The molecule has 0 saturated heterocycles. The van der Waals surface area contributed by atoms with E-state index in [0.29, 0.717) is 25.7 Å². The van der Waals surface area contributed by atoms with Crippen molar-refractivity contribution in [1.29, 1.82) is 0 Å². The van der Waals surface area contributed by atoms with Gasteiger partial charge in [-0.15, -0.1) is 0 Å². The second-order valence-electron chi connectivity index (χ2n) is 16.6. The van der Waals surface area contributed by atoms with Crippen molar-refractivity contribution in [2.75, 3.05) is 13.2 Å². The number of hydrogen-bond acceptors (Lipinski definition) is 12. The van der Waals surface area contributed by atoms with E-state index in [0.717, 1.165) is 51.4 Å². The van der Waals surface area contributed by atoms with E-state index in [2.05, 4.69) is 86.8 Å². The molecule has 0 bridgehead atoms. The summed E-state index contributed by atoms with van der Waals surface area (Å²) in [6, 6.07) is 0. The summed E-state index contributed by atoms with van der Waals surface area (Å²) in [6.07, 6.45) is 39.3. The van der Waals surface area contributed by atoms with Gasteiger partial charge in [0.15, 0.2) is 6.10 Å². The van der Waals surface area contributed by atoms with Gasteiger partial charge in [-0.05, 0) is 89.9 Å². The summed E-state index contributed by atoms with van der Waals surface area (Å²) >= 11 is 0. The van der Waals surface area contributed by atoms with Crippen LogP contribution in [0.2, 0.25) is 0 Å². The highest BCUT2D eigenvalue weighted by atomic mass is 31.2. The lowest BCUT2D eigenvalue weighted by Crippen LogP contribution is -2.64. The quantitative estimate of drug-likeness (QED) is 0.0147. The van der Waals surface area contributed by atoms with Crippen molar-refractivity contribution in [3.05, 3.63) is 85.1 Å². The van der Waals surface area contributed by atoms with Crippen LogP contribution in [0.5, 0.6) is 0 Å². The van der Waals surface area contributed by atoms with Gasteiger partial charge in [0.1, 0.15) is 43.2 Å². The molecule has 0 aromatic heterocycles. The Kier molecular flexibility index (Phi) is 37.1. The molecule has 8 atom stereocenters. The Balaban J connectivity index is 2.50. The van der Waals surface area contributed by atoms with Crippen LogP contribution in [-0.2, 0) is 32.7 Å². The monoisotopic (exact) mass is 937 g/mol. The topological polar surface area (TPSA) is 210 Å². The average molecular weight is 937 g/mol. The molecule has 1 aliphatic carbocycles. The maximum absolute atomic E-state index is 12.8. The van der Waals surface area contributed by atoms with Crippen LogP contribution in [0.3, 0.4) is 0 Å². The fourth-order valence-corrected chi connectivity index (χ4v) is 7.73. The predicted molar refractivity (Wildman–Crippen MR) is 258 cm³/mol. The van der Waals surface area contributed by atoms with Crippen LogP contribution in [0.4, 0.5) is 0 Å². The van der Waals surface area contributed by atoms with Gasteiger partial charge in [0.05, 0.1) is 6.61 Å². The summed E-state index contributed by atoms with van der Waals surface area (Å²) in [5, 5.41) is 50.2. The third kappa shape index (κ3) is 32.4. The normalized spacial score (nSPS) is 22.2. The summed E-state index contributed by atoms with van der Waals surface area (Å²) in [5.74, 6) is -1.22. The Labute approximate surface area is 390 Å². The molecule has 0 aromatic carbocycles. The van der Waals surface area contributed by atoms with Gasteiger partial charge >= 0.3 is 19.8 Å². The zero-order chi connectivity index (χ0) is 47.8. The molecule has 14 heteroatoms. The van der Waals surface area contributed by atoms with Crippen molar-refractivity contribution in [2.45, 2.75) is 211 Å². The van der Waals surface area contributed by atoms with E-state index >= 15 is 0 Å². The van der Waals surface area contributed by atoms with Gasteiger partial charge in [0, 0.05) is 12.8 Å². The van der Waals surface area contributed by atoms with Gasteiger partial charge in [-0.3, -0.25) is 18.6 Å². The van der Waals surface area contributed by atoms with Crippen molar-refractivity contribution >= 4 is 19.8 Å². The maximum atomic E-state index is 12.8. The summed E-state index contributed by atoms with van der Waals surface area (Å²) in [4.78, 5) is 35.7. The Morgan fingerprint density at radius 2 is 0.846 bits per heavy atom. The Morgan fingerprint density at radius 3 is 1.34 bits per heavy atom. The third-order valence-electron chi connectivity index (χ3n) is 10.7. The standard InChI is InChI=1S/C51H85O13P/c1-3-5-7-9-11-13-15-17-19-20-21-22-23-24-26-27-29-31-33-35-37-39-44(52)61-41-43(42-62-65(59,60)64-51-49(57)47(55)46(54)48(56)50(51)58)63-45(53)40-38-36-34-32-30-28-25-18-16-14-12-10-8-6-4-2/h12,14,18-20,22-23,25-27,30-33,43,46-51,54-58H,3-11,13,15-17,21,24,28-29,34-42H2,1-2H3,(H,59,60)/b14-12+,20-19+,23-22+,25-18+,27-26+,32-30+,33-31+/t43-,46?,47-,48?,49?,50?,51?/m0/s1. The smallest absolute Gasteiger partial charge is 0.462 e. The molecule has 1 saturated carbocycles. The first-order chi connectivity index (χ1) is 31.4. The third-order valence-corrected chi connectivity index (χ3v) is 11.7. The molecule has 6 N–H and O–H groups in total. The zero-order valence-corrected chi connectivity index (χ0v) is 40.4. The molecule has 13 nitrogen and oxygen atoms in total. The minimum absolute atomic E-state index is 0.0316. The molecule has 1 rings (SSSR count). The van der Waals surface area contributed by atoms with Crippen LogP contribution in [0, 0.1) is 0 Å². The highest BCUT2D eigenvalue weighted by Crippen LogP contribution is 2.47. The molecule has 65 heavy (non-hydrogen) atoms. The van der Waals surface area contributed by atoms with Crippen LogP contribution in [0.25, 0.3) is 0 Å². The highest BCUT2D eigenvalue weighted by Gasteiger charge is 2.51. The van der Waals surface area contributed by atoms with E-state index < -0.39 is 75.7 Å². The molecule has 1 fully saturated rings. The van der Waals surface area contributed by atoms with Gasteiger partial charge in [0.2, 0.25) is 0 Å². The molecule has 1 aliphatic rings. The molecular formula is C51H85O13P. The summed E-state index contributed by atoms with van der Waals surface area (Å²) in [7, 11) is -5.15. The predicted octanol–water partition coefficient (Wildman–Crippen LogP) is 10.1. The summed E-state index contributed by atoms with van der Waals surface area (Å²) in [6.45, 7) is 3.18. The zero-order valence-electron chi connectivity index (χ0n) is 39.5. The van der Waals surface area contributed by atoms with E-state index in [-0.39, 0.29) is 12.8 Å². The first-order valence-electron chi connectivity index (χ1n) is 24.4. The molecule has 0 amide bonds. The number of phosphoric ester groups is 1. The first-order valence-corrected chi connectivity index (χ1v) is 25.9. The number of carbonyl (C=O) groups is 2. The van der Waals surface area contributed by atoms with Crippen molar-refractivity contribution in [1.82, 2.24) is 0 Å². The molecule has 372 valence electrons. The Hall–Kier alpha value is -2.97. The van der Waals surface area contributed by atoms with Crippen LogP contribution in [-0.4, -0.2) is 98.3 Å².